The smallest absolute Gasteiger partial charge is 0.247 e. The molecular weight excluding hydrogens is 460 g/mol. The van der Waals surface area contributed by atoms with Crippen molar-refractivity contribution in [2.75, 3.05) is 43.1 Å². The topological polar surface area (TPSA) is 111 Å². The molecule has 0 aromatic heterocycles. The monoisotopic (exact) mass is 498 g/mol. The van der Waals surface area contributed by atoms with Crippen LogP contribution in [0, 0.1) is 17.3 Å². The first-order chi connectivity index (χ1) is 17.5. The first-order valence-electron chi connectivity index (χ1n) is 13.4. The molecule has 4 aliphatic rings. The number of likely N-dealkylation sites (tertiary alicyclic amines) is 1. The van der Waals surface area contributed by atoms with Gasteiger partial charge in [0.1, 0.15) is 6.04 Å². The van der Waals surface area contributed by atoms with Crippen LogP contribution in [0.4, 0.5) is 11.4 Å². The minimum absolute atomic E-state index is 0.0367. The second-order valence-electron chi connectivity index (χ2n) is 11.1. The molecule has 5 rings (SSSR count). The SMILES string of the molecule is O=C(CC(CC1CCCC1)C(=O)N1CC2(CC2)C[C@H]1C(=O)Nc1ccc(N2CCOCC2)cc1)NO. The predicted molar refractivity (Wildman–Crippen MR) is 134 cm³/mol. The fourth-order valence-electron chi connectivity index (χ4n) is 6.29. The number of hydrogen-bond acceptors (Lipinski definition) is 6. The highest BCUT2D eigenvalue weighted by Gasteiger charge is 2.55. The Labute approximate surface area is 212 Å². The van der Waals surface area contributed by atoms with E-state index in [0.29, 0.717) is 44.2 Å². The number of anilines is 2. The number of hydroxylamine groups is 1. The van der Waals surface area contributed by atoms with Gasteiger partial charge in [0.25, 0.3) is 0 Å². The molecule has 196 valence electrons. The molecule has 1 spiro atoms. The van der Waals surface area contributed by atoms with Crippen LogP contribution in [0.1, 0.15) is 57.8 Å². The number of ether oxygens (including phenoxy) is 1. The first-order valence-corrected chi connectivity index (χ1v) is 13.4. The van der Waals surface area contributed by atoms with Gasteiger partial charge in [0, 0.05) is 43.3 Å². The van der Waals surface area contributed by atoms with Crippen molar-refractivity contribution in [2.24, 2.45) is 17.3 Å². The molecule has 2 atom stereocenters. The molecule has 36 heavy (non-hydrogen) atoms. The fraction of sp³-hybridized carbons (Fsp3) is 0.667. The molecule has 9 heteroatoms. The molecule has 2 heterocycles. The van der Waals surface area contributed by atoms with Gasteiger partial charge < -0.3 is 19.9 Å². The molecule has 2 aliphatic carbocycles. The molecule has 2 saturated carbocycles. The van der Waals surface area contributed by atoms with Crippen molar-refractivity contribution in [3.63, 3.8) is 0 Å². The Morgan fingerprint density at radius 2 is 1.78 bits per heavy atom. The number of morpholine rings is 1. The van der Waals surface area contributed by atoms with Crippen molar-refractivity contribution >= 4 is 29.1 Å². The number of carbonyl (C=O) groups is 3. The summed E-state index contributed by atoms with van der Waals surface area (Å²) >= 11 is 0. The number of hydrogen-bond donors (Lipinski definition) is 3. The summed E-state index contributed by atoms with van der Waals surface area (Å²) in [4.78, 5) is 43.2. The van der Waals surface area contributed by atoms with Gasteiger partial charge in [0.05, 0.1) is 13.2 Å². The summed E-state index contributed by atoms with van der Waals surface area (Å²) in [6.07, 6.45) is 7.74. The third-order valence-electron chi connectivity index (χ3n) is 8.56. The molecule has 0 radical (unpaired) electrons. The van der Waals surface area contributed by atoms with Gasteiger partial charge in [-0.15, -0.1) is 0 Å². The highest BCUT2D eigenvalue weighted by molar-refractivity contribution is 5.98. The first kappa shape index (κ1) is 25.0. The van der Waals surface area contributed by atoms with E-state index in [1.807, 2.05) is 24.3 Å². The number of rotatable bonds is 8. The Bertz CT molecular complexity index is 951. The van der Waals surface area contributed by atoms with E-state index in [1.54, 1.807) is 10.4 Å². The Hall–Kier alpha value is -2.65. The molecule has 1 aromatic rings. The summed E-state index contributed by atoms with van der Waals surface area (Å²) in [5, 5.41) is 12.1. The summed E-state index contributed by atoms with van der Waals surface area (Å²) in [5.74, 6) is -0.944. The maximum absolute atomic E-state index is 13.8. The van der Waals surface area contributed by atoms with E-state index in [2.05, 4.69) is 10.2 Å². The van der Waals surface area contributed by atoms with Gasteiger partial charge in [-0.2, -0.15) is 0 Å². The van der Waals surface area contributed by atoms with E-state index in [4.69, 9.17) is 9.94 Å². The number of nitrogens with zero attached hydrogens (tertiary/aromatic N) is 2. The second-order valence-corrected chi connectivity index (χ2v) is 11.1. The Morgan fingerprint density at radius 1 is 1.08 bits per heavy atom. The summed E-state index contributed by atoms with van der Waals surface area (Å²) < 4.78 is 5.42. The fourth-order valence-corrected chi connectivity index (χ4v) is 6.29. The minimum Gasteiger partial charge on any atom is -0.378 e. The van der Waals surface area contributed by atoms with Gasteiger partial charge in [-0.25, -0.2) is 5.48 Å². The van der Waals surface area contributed by atoms with E-state index in [9.17, 15) is 14.4 Å². The van der Waals surface area contributed by atoms with Crippen LogP contribution in [-0.4, -0.2) is 66.7 Å². The lowest BCUT2D eigenvalue weighted by Crippen LogP contribution is -2.46. The molecule has 1 aromatic carbocycles. The maximum Gasteiger partial charge on any atom is 0.247 e. The summed E-state index contributed by atoms with van der Waals surface area (Å²) in [6, 6.07) is 7.29. The largest absolute Gasteiger partial charge is 0.378 e. The lowest BCUT2D eigenvalue weighted by atomic mass is 9.89. The Balaban J connectivity index is 1.27. The molecule has 3 amide bonds. The van der Waals surface area contributed by atoms with Crippen molar-refractivity contribution in [3.05, 3.63) is 24.3 Å². The summed E-state index contributed by atoms with van der Waals surface area (Å²) in [7, 11) is 0. The second kappa shape index (κ2) is 10.8. The summed E-state index contributed by atoms with van der Waals surface area (Å²) in [6.45, 7) is 3.70. The average molecular weight is 499 g/mol. The van der Waals surface area contributed by atoms with Gasteiger partial charge in [0.15, 0.2) is 0 Å². The number of benzene rings is 1. The molecule has 3 N–H and O–H groups in total. The lowest BCUT2D eigenvalue weighted by Gasteiger charge is -2.30. The molecule has 2 aliphatic heterocycles. The molecule has 0 bridgehead atoms. The molecule has 9 nitrogen and oxygen atoms in total. The maximum atomic E-state index is 13.8. The van der Waals surface area contributed by atoms with E-state index < -0.39 is 17.9 Å². The average Bonchev–Trinajstić information content (AvgIpc) is 3.27. The predicted octanol–water partition coefficient (Wildman–Crippen LogP) is 2.93. The number of amides is 3. The van der Waals surface area contributed by atoms with Crippen LogP contribution in [0.25, 0.3) is 0 Å². The van der Waals surface area contributed by atoms with E-state index in [0.717, 1.165) is 57.3 Å². The van der Waals surface area contributed by atoms with Gasteiger partial charge in [-0.1, -0.05) is 25.7 Å². The minimum atomic E-state index is -0.548. The third-order valence-corrected chi connectivity index (χ3v) is 8.56. The molecule has 2 saturated heterocycles. The van der Waals surface area contributed by atoms with Crippen LogP contribution in [0.3, 0.4) is 0 Å². The van der Waals surface area contributed by atoms with Crippen LogP contribution >= 0.6 is 0 Å². The van der Waals surface area contributed by atoms with Crippen molar-refractivity contribution in [2.45, 2.75) is 63.8 Å². The van der Waals surface area contributed by atoms with Crippen LogP contribution in [0.15, 0.2) is 24.3 Å². The quantitative estimate of drug-likeness (QED) is 0.375. The van der Waals surface area contributed by atoms with Crippen molar-refractivity contribution < 1.29 is 24.3 Å². The highest BCUT2D eigenvalue weighted by atomic mass is 16.5. The van der Waals surface area contributed by atoms with Crippen molar-refractivity contribution in [3.8, 4) is 0 Å². The zero-order valence-electron chi connectivity index (χ0n) is 20.9. The highest BCUT2D eigenvalue weighted by Crippen LogP contribution is 2.55. The van der Waals surface area contributed by atoms with Gasteiger partial charge in [-0.05, 0) is 61.3 Å². The van der Waals surface area contributed by atoms with E-state index >= 15 is 0 Å². The summed E-state index contributed by atoms with van der Waals surface area (Å²) in [5.41, 5.74) is 3.54. The zero-order chi connectivity index (χ0) is 25.1. The van der Waals surface area contributed by atoms with Crippen LogP contribution in [0.2, 0.25) is 0 Å². The van der Waals surface area contributed by atoms with E-state index in [1.165, 1.54) is 0 Å². The van der Waals surface area contributed by atoms with Crippen LogP contribution < -0.4 is 15.7 Å². The van der Waals surface area contributed by atoms with Crippen molar-refractivity contribution in [1.82, 2.24) is 10.4 Å². The Morgan fingerprint density at radius 3 is 2.42 bits per heavy atom. The number of carbonyl (C=O) groups excluding carboxylic acids is 3. The van der Waals surface area contributed by atoms with Gasteiger partial charge >= 0.3 is 0 Å². The third kappa shape index (κ3) is 5.67. The van der Waals surface area contributed by atoms with E-state index in [-0.39, 0.29) is 23.7 Å². The lowest BCUT2D eigenvalue weighted by molar-refractivity contribution is -0.144. The Kier molecular flexibility index (Phi) is 7.48. The van der Waals surface area contributed by atoms with Crippen molar-refractivity contribution in [1.29, 1.82) is 0 Å². The van der Waals surface area contributed by atoms with Gasteiger partial charge in [0.2, 0.25) is 17.7 Å². The number of nitrogens with one attached hydrogen (secondary N) is 2. The molecule has 1 unspecified atom stereocenters. The van der Waals surface area contributed by atoms with Gasteiger partial charge in [-0.3, -0.25) is 19.6 Å². The normalized spacial score (nSPS) is 24.1. The van der Waals surface area contributed by atoms with Crippen LogP contribution in [-0.2, 0) is 19.1 Å². The van der Waals surface area contributed by atoms with Crippen LogP contribution in [0.5, 0.6) is 0 Å². The molecular formula is C27H38N4O5. The standard InChI is InChI=1S/C27H38N4O5/c32-24(29-35)16-20(15-19-3-1-2-4-19)26(34)31-18-27(9-10-27)17-23(31)25(33)28-21-5-7-22(8-6-21)30-11-13-36-14-12-30/h5-8,19-20,23,35H,1-4,9-18H2,(H,28,33)(H,29,32)/t20?,23-/m0/s1. The molecule has 4 fully saturated rings. The zero-order valence-corrected chi connectivity index (χ0v) is 20.9.